The number of hydrogen-bond donors (Lipinski definition) is 2. The number of aryl methyl sites for hydroxylation is 1. The van der Waals surface area contributed by atoms with E-state index >= 15 is 0 Å². The first-order chi connectivity index (χ1) is 15.3. The Morgan fingerprint density at radius 3 is 2.59 bits per heavy atom. The van der Waals surface area contributed by atoms with Gasteiger partial charge in [-0.25, -0.2) is 4.39 Å². The maximum atomic E-state index is 13.8. The Morgan fingerprint density at radius 2 is 1.88 bits per heavy atom. The molecule has 0 bridgehead atoms. The molecule has 0 spiro atoms. The minimum Gasteiger partial charge on any atom is -0.345 e. The van der Waals surface area contributed by atoms with E-state index in [1.807, 2.05) is 39.0 Å². The van der Waals surface area contributed by atoms with Crippen LogP contribution < -0.4 is 10.6 Å². The van der Waals surface area contributed by atoms with Gasteiger partial charge in [-0.2, -0.15) is 0 Å². The minimum atomic E-state index is -0.583. The second-order valence-corrected chi connectivity index (χ2v) is 8.54. The van der Waals surface area contributed by atoms with Crippen LogP contribution in [0.25, 0.3) is 0 Å². The van der Waals surface area contributed by atoms with Gasteiger partial charge in [-0.3, -0.25) is 9.59 Å². The number of amides is 2. The number of rotatable bonds is 8. The summed E-state index contributed by atoms with van der Waals surface area (Å²) in [6, 6.07) is 11.6. The summed E-state index contributed by atoms with van der Waals surface area (Å²) in [7, 11) is 1.77. The minimum absolute atomic E-state index is 0.0292. The Kier molecular flexibility index (Phi) is 7.63. The predicted molar refractivity (Wildman–Crippen MR) is 123 cm³/mol. The van der Waals surface area contributed by atoms with Gasteiger partial charge in [0, 0.05) is 12.7 Å². The average molecular weight is 456 g/mol. The lowest BCUT2D eigenvalue weighted by molar-refractivity contribution is -0.115. The van der Waals surface area contributed by atoms with Gasteiger partial charge in [0.05, 0.1) is 17.4 Å². The first-order valence-corrected chi connectivity index (χ1v) is 11.1. The number of anilines is 1. The van der Waals surface area contributed by atoms with E-state index in [-0.39, 0.29) is 23.3 Å². The van der Waals surface area contributed by atoms with Gasteiger partial charge in [-0.1, -0.05) is 43.0 Å². The molecule has 3 aromatic rings. The van der Waals surface area contributed by atoms with E-state index in [1.165, 1.54) is 30.0 Å². The van der Waals surface area contributed by atoms with Crippen LogP contribution in [0.5, 0.6) is 0 Å². The van der Waals surface area contributed by atoms with Crippen LogP contribution in [0.4, 0.5) is 10.1 Å². The van der Waals surface area contributed by atoms with Crippen LogP contribution in [0.2, 0.25) is 0 Å². The van der Waals surface area contributed by atoms with Gasteiger partial charge in [0.15, 0.2) is 11.0 Å². The fourth-order valence-electron chi connectivity index (χ4n) is 3.05. The Morgan fingerprint density at radius 1 is 1.12 bits per heavy atom. The maximum absolute atomic E-state index is 13.8. The van der Waals surface area contributed by atoms with Crippen LogP contribution in [0.15, 0.2) is 47.6 Å². The normalized spacial score (nSPS) is 11.8. The van der Waals surface area contributed by atoms with Crippen molar-refractivity contribution in [2.45, 2.75) is 44.1 Å². The Labute approximate surface area is 190 Å². The molecule has 2 amide bonds. The lowest BCUT2D eigenvalue weighted by Crippen LogP contribution is -2.26. The summed E-state index contributed by atoms with van der Waals surface area (Å²) in [5.74, 6) is -0.718. The molecule has 1 atom stereocenters. The van der Waals surface area contributed by atoms with E-state index in [0.717, 1.165) is 16.8 Å². The highest BCUT2D eigenvalue weighted by Crippen LogP contribution is 2.26. The Balaban J connectivity index is 1.64. The fourth-order valence-corrected chi connectivity index (χ4v) is 3.99. The molecule has 0 aliphatic carbocycles. The third-order valence-electron chi connectivity index (χ3n) is 5.22. The van der Waals surface area contributed by atoms with E-state index in [1.54, 1.807) is 17.7 Å². The van der Waals surface area contributed by atoms with Crippen LogP contribution in [0.3, 0.4) is 0 Å². The van der Waals surface area contributed by atoms with Crippen molar-refractivity contribution in [1.29, 1.82) is 0 Å². The van der Waals surface area contributed by atoms with E-state index in [9.17, 15) is 14.0 Å². The van der Waals surface area contributed by atoms with Crippen molar-refractivity contribution in [1.82, 2.24) is 20.1 Å². The zero-order valence-electron chi connectivity index (χ0n) is 18.5. The number of hydrogen-bond acceptors (Lipinski definition) is 5. The molecule has 1 heterocycles. The highest BCUT2D eigenvalue weighted by molar-refractivity contribution is 8.00. The largest absolute Gasteiger partial charge is 0.345 e. The van der Waals surface area contributed by atoms with Crippen molar-refractivity contribution >= 4 is 29.3 Å². The Bertz CT molecular complexity index is 1130. The van der Waals surface area contributed by atoms with E-state index < -0.39 is 11.7 Å². The summed E-state index contributed by atoms with van der Waals surface area (Å²) < 4.78 is 15.5. The number of nitrogens with zero attached hydrogens (tertiary/aromatic N) is 3. The molecule has 0 aliphatic rings. The molecule has 0 fully saturated rings. The lowest BCUT2D eigenvalue weighted by Gasteiger charge is -2.16. The van der Waals surface area contributed by atoms with Crippen molar-refractivity contribution in [3.63, 3.8) is 0 Å². The molecule has 2 aromatic carbocycles. The molecular weight excluding hydrogens is 429 g/mol. The molecule has 1 unspecified atom stereocenters. The standard InChI is InChI=1S/C23H26FN5O2S/c1-5-19(22(31)26-18-12-8-9-14(2)15(18)3)32-23-28-27-20(29(23)4)13-25-21(30)16-10-6-7-11-17(16)24/h6-12,19H,5,13H2,1-4H3,(H,25,30)(H,26,31). The van der Waals surface area contributed by atoms with Crippen LogP contribution in [-0.4, -0.2) is 31.8 Å². The number of carbonyl (C=O) groups excluding carboxylic acids is 2. The first kappa shape index (κ1) is 23.5. The second-order valence-electron chi connectivity index (χ2n) is 7.37. The molecule has 168 valence electrons. The smallest absolute Gasteiger partial charge is 0.254 e. The van der Waals surface area contributed by atoms with Crippen LogP contribution in [0.1, 0.15) is 40.7 Å². The number of carbonyl (C=O) groups is 2. The Hall–Kier alpha value is -3.20. The third kappa shape index (κ3) is 5.34. The van der Waals surface area contributed by atoms with Gasteiger partial charge in [0.2, 0.25) is 5.91 Å². The molecule has 0 aliphatic heterocycles. The van der Waals surface area contributed by atoms with Gasteiger partial charge in [-0.15, -0.1) is 10.2 Å². The number of benzene rings is 2. The molecule has 9 heteroatoms. The lowest BCUT2D eigenvalue weighted by atomic mass is 10.1. The molecule has 0 radical (unpaired) electrons. The van der Waals surface area contributed by atoms with Crippen molar-refractivity contribution in [2.24, 2.45) is 7.05 Å². The van der Waals surface area contributed by atoms with Gasteiger partial charge in [0.25, 0.3) is 5.91 Å². The zero-order chi connectivity index (χ0) is 23.3. The molecule has 2 N–H and O–H groups in total. The molecule has 32 heavy (non-hydrogen) atoms. The van der Waals surface area contributed by atoms with E-state index in [4.69, 9.17) is 0 Å². The topological polar surface area (TPSA) is 88.9 Å². The molecule has 7 nitrogen and oxygen atoms in total. The van der Waals surface area contributed by atoms with Crippen LogP contribution in [0, 0.1) is 19.7 Å². The predicted octanol–water partition coefficient (Wildman–Crippen LogP) is 4.01. The SMILES string of the molecule is CCC(Sc1nnc(CNC(=O)c2ccccc2F)n1C)C(=O)Nc1cccc(C)c1C. The maximum Gasteiger partial charge on any atom is 0.254 e. The van der Waals surface area contributed by atoms with Gasteiger partial charge < -0.3 is 15.2 Å². The van der Waals surface area contributed by atoms with Crippen molar-refractivity contribution in [3.8, 4) is 0 Å². The highest BCUT2D eigenvalue weighted by atomic mass is 32.2. The van der Waals surface area contributed by atoms with Crippen LogP contribution >= 0.6 is 11.8 Å². The molecule has 0 saturated heterocycles. The monoisotopic (exact) mass is 455 g/mol. The molecule has 3 rings (SSSR count). The average Bonchev–Trinajstić information content (AvgIpc) is 3.12. The number of nitrogens with one attached hydrogen (secondary N) is 2. The highest BCUT2D eigenvalue weighted by Gasteiger charge is 2.22. The molecule has 0 saturated carbocycles. The summed E-state index contributed by atoms with van der Waals surface area (Å²) in [4.78, 5) is 25.1. The fraction of sp³-hybridized carbons (Fsp3) is 0.304. The van der Waals surface area contributed by atoms with Crippen LogP contribution in [-0.2, 0) is 18.4 Å². The van der Waals surface area contributed by atoms with Gasteiger partial charge >= 0.3 is 0 Å². The number of halogens is 1. The summed E-state index contributed by atoms with van der Waals surface area (Å²) in [5.41, 5.74) is 2.91. The van der Waals surface area contributed by atoms with E-state index in [0.29, 0.717) is 17.4 Å². The second kappa shape index (κ2) is 10.4. The van der Waals surface area contributed by atoms with E-state index in [2.05, 4.69) is 20.8 Å². The quantitative estimate of drug-likeness (QED) is 0.501. The van der Waals surface area contributed by atoms with Gasteiger partial charge in [0.1, 0.15) is 5.82 Å². The number of aromatic nitrogens is 3. The zero-order valence-corrected chi connectivity index (χ0v) is 19.3. The molecule has 1 aromatic heterocycles. The summed E-state index contributed by atoms with van der Waals surface area (Å²) in [6.45, 7) is 6.00. The summed E-state index contributed by atoms with van der Waals surface area (Å²) in [5, 5.41) is 14.1. The summed E-state index contributed by atoms with van der Waals surface area (Å²) >= 11 is 1.31. The first-order valence-electron chi connectivity index (χ1n) is 10.3. The van der Waals surface area contributed by atoms with Gasteiger partial charge in [-0.05, 0) is 49.6 Å². The van der Waals surface area contributed by atoms with Crippen molar-refractivity contribution in [3.05, 3.63) is 70.8 Å². The molecular formula is C23H26FN5O2S. The third-order valence-corrected chi connectivity index (χ3v) is 6.62. The number of thioether (sulfide) groups is 1. The van der Waals surface area contributed by atoms with Crippen molar-refractivity contribution < 1.29 is 14.0 Å². The summed E-state index contributed by atoms with van der Waals surface area (Å²) in [6.07, 6.45) is 0.605. The van der Waals surface area contributed by atoms with Crippen molar-refractivity contribution in [2.75, 3.05) is 5.32 Å².